The maximum atomic E-state index is 13.1. The molecule has 1 heterocycles. The van der Waals surface area contributed by atoms with Crippen molar-refractivity contribution in [1.29, 1.82) is 0 Å². The van der Waals surface area contributed by atoms with Gasteiger partial charge in [-0.15, -0.1) is 0 Å². The van der Waals surface area contributed by atoms with E-state index in [4.69, 9.17) is 9.26 Å². The maximum Gasteiger partial charge on any atom is 0.256 e. The molecule has 0 spiro atoms. The van der Waals surface area contributed by atoms with Gasteiger partial charge in [0, 0.05) is 16.6 Å². The highest BCUT2D eigenvalue weighted by Crippen LogP contribution is 2.30. The third-order valence-corrected chi connectivity index (χ3v) is 5.53. The predicted octanol–water partition coefficient (Wildman–Crippen LogP) is 5.89. The normalized spacial score (nSPS) is 10.9. The van der Waals surface area contributed by atoms with Crippen LogP contribution in [0.15, 0.2) is 59.1 Å². The first kappa shape index (κ1) is 19.7. The summed E-state index contributed by atoms with van der Waals surface area (Å²) in [5, 5.41) is 8.75. The van der Waals surface area contributed by atoms with E-state index in [-0.39, 0.29) is 5.91 Å². The number of aromatic nitrogens is 1. The Morgan fingerprint density at radius 2 is 1.73 bits per heavy atom. The fourth-order valence-electron chi connectivity index (χ4n) is 3.53. The lowest BCUT2D eigenvalue weighted by atomic mass is 10.0. The average Bonchev–Trinajstić information content (AvgIpc) is 3.07. The number of rotatable bonds is 5. The van der Waals surface area contributed by atoms with Crippen LogP contribution in [0, 0.1) is 27.7 Å². The molecule has 0 saturated heterocycles. The molecular formula is C25H24N2O3. The second kappa shape index (κ2) is 8.03. The molecule has 1 aromatic heterocycles. The van der Waals surface area contributed by atoms with Crippen molar-refractivity contribution < 1.29 is 14.1 Å². The van der Waals surface area contributed by atoms with Crippen molar-refractivity contribution in [2.24, 2.45) is 0 Å². The Labute approximate surface area is 175 Å². The molecule has 5 nitrogen and oxygen atoms in total. The first-order chi connectivity index (χ1) is 14.5. The molecule has 0 radical (unpaired) electrons. The first-order valence-electron chi connectivity index (χ1n) is 9.89. The molecule has 0 aliphatic carbocycles. The van der Waals surface area contributed by atoms with Gasteiger partial charge in [0.25, 0.3) is 5.91 Å². The van der Waals surface area contributed by atoms with E-state index in [9.17, 15) is 4.79 Å². The highest BCUT2D eigenvalue weighted by molar-refractivity contribution is 6.14. The summed E-state index contributed by atoms with van der Waals surface area (Å²) in [4.78, 5) is 13.1. The number of anilines is 1. The zero-order valence-electron chi connectivity index (χ0n) is 17.6. The number of ether oxygens (including phenoxy) is 1. The van der Waals surface area contributed by atoms with Gasteiger partial charge in [-0.25, -0.2) is 0 Å². The number of benzene rings is 3. The van der Waals surface area contributed by atoms with Crippen molar-refractivity contribution >= 4 is 22.4 Å². The van der Waals surface area contributed by atoms with Crippen LogP contribution in [0.2, 0.25) is 0 Å². The molecule has 4 aromatic rings. The van der Waals surface area contributed by atoms with Gasteiger partial charge >= 0.3 is 0 Å². The molecule has 0 unspecified atom stereocenters. The van der Waals surface area contributed by atoms with Crippen LogP contribution in [0.25, 0.3) is 10.8 Å². The van der Waals surface area contributed by atoms with Gasteiger partial charge in [0.1, 0.15) is 18.1 Å². The van der Waals surface area contributed by atoms with E-state index in [1.165, 1.54) is 0 Å². The van der Waals surface area contributed by atoms with E-state index in [0.717, 1.165) is 44.6 Å². The van der Waals surface area contributed by atoms with Crippen LogP contribution in [0.5, 0.6) is 5.75 Å². The standard InChI is InChI=1S/C25H24N2O3/c1-15-8-7-11-23(16(15)2)26-25(28)21-12-13-24(20-10-6-5-9-19(20)21)29-14-22-17(3)27-30-18(22)4/h5-13H,14H2,1-4H3,(H,26,28). The van der Waals surface area contributed by atoms with Crippen molar-refractivity contribution in [3.05, 3.63) is 88.3 Å². The largest absolute Gasteiger partial charge is 0.488 e. The van der Waals surface area contributed by atoms with E-state index in [2.05, 4.69) is 10.5 Å². The summed E-state index contributed by atoms with van der Waals surface area (Å²) in [6, 6.07) is 17.3. The van der Waals surface area contributed by atoms with Gasteiger partial charge in [0.2, 0.25) is 0 Å². The van der Waals surface area contributed by atoms with E-state index in [0.29, 0.717) is 17.9 Å². The Hall–Kier alpha value is -3.60. The van der Waals surface area contributed by atoms with Crippen LogP contribution in [0.1, 0.15) is 38.5 Å². The Bertz CT molecular complexity index is 1220. The maximum absolute atomic E-state index is 13.1. The number of carbonyl (C=O) groups is 1. The first-order valence-corrected chi connectivity index (χ1v) is 9.89. The summed E-state index contributed by atoms with van der Waals surface area (Å²) in [5.74, 6) is 1.33. The molecule has 0 bridgehead atoms. The number of aryl methyl sites for hydroxylation is 3. The van der Waals surface area contributed by atoms with Gasteiger partial charge in [0.05, 0.1) is 11.3 Å². The fourth-order valence-corrected chi connectivity index (χ4v) is 3.53. The predicted molar refractivity (Wildman–Crippen MR) is 118 cm³/mol. The summed E-state index contributed by atoms with van der Waals surface area (Å²) in [6.45, 7) is 8.17. The quantitative estimate of drug-likeness (QED) is 0.453. The number of amides is 1. The molecule has 0 aliphatic heterocycles. The lowest BCUT2D eigenvalue weighted by Gasteiger charge is -2.14. The number of hydrogen-bond donors (Lipinski definition) is 1. The SMILES string of the molecule is Cc1cccc(NC(=O)c2ccc(OCc3c(C)noc3C)c3ccccc23)c1C. The third-order valence-electron chi connectivity index (χ3n) is 5.53. The van der Waals surface area contributed by atoms with Crippen LogP contribution in [0.3, 0.4) is 0 Å². The smallest absolute Gasteiger partial charge is 0.256 e. The molecule has 1 amide bonds. The average molecular weight is 400 g/mol. The summed E-state index contributed by atoms with van der Waals surface area (Å²) in [6.07, 6.45) is 0. The van der Waals surface area contributed by atoms with E-state index in [1.807, 2.05) is 82.3 Å². The molecule has 0 atom stereocenters. The van der Waals surface area contributed by atoms with Crippen LogP contribution < -0.4 is 10.1 Å². The number of fused-ring (bicyclic) bond motifs is 1. The Kier molecular flexibility index (Phi) is 5.27. The Morgan fingerprint density at radius 3 is 2.47 bits per heavy atom. The van der Waals surface area contributed by atoms with Gasteiger partial charge in [0.15, 0.2) is 0 Å². The van der Waals surface area contributed by atoms with Crippen LogP contribution in [-0.4, -0.2) is 11.1 Å². The zero-order chi connectivity index (χ0) is 21.3. The molecule has 0 fully saturated rings. The number of nitrogens with zero attached hydrogens (tertiary/aromatic N) is 1. The van der Waals surface area contributed by atoms with Gasteiger partial charge in [-0.2, -0.15) is 0 Å². The summed E-state index contributed by atoms with van der Waals surface area (Å²) < 4.78 is 11.3. The second-order valence-corrected chi connectivity index (χ2v) is 7.45. The van der Waals surface area contributed by atoms with E-state index in [1.54, 1.807) is 0 Å². The van der Waals surface area contributed by atoms with Crippen LogP contribution in [0.4, 0.5) is 5.69 Å². The third kappa shape index (κ3) is 3.66. The zero-order valence-corrected chi connectivity index (χ0v) is 17.6. The molecule has 0 saturated carbocycles. The molecule has 4 rings (SSSR count). The summed E-state index contributed by atoms with van der Waals surface area (Å²) in [5.41, 5.74) is 5.39. The van der Waals surface area contributed by atoms with Crippen molar-refractivity contribution in [3.8, 4) is 5.75 Å². The Morgan fingerprint density at radius 1 is 0.967 bits per heavy atom. The molecule has 5 heteroatoms. The summed E-state index contributed by atoms with van der Waals surface area (Å²) >= 11 is 0. The Balaban J connectivity index is 1.65. The van der Waals surface area contributed by atoms with Gasteiger partial charge < -0.3 is 14.6 Å². The van der Waals surface area contributed by atoms with E-state index < -0.39 is 0 Å². The van der Waals surface area contributed by atoms with Crippen molar-refractivity contribution in [2.75, 3.05) is 5.32 Å². The van der Waals surface area contributed by atoms with Gasteiger partial charge in [-0.05, 0) is 62.4 Å². The molecule has 1 N–H and O–H groups in total. The van der Waals surface area contributed by atoms with Crippen molar-refractivity contribution in [2.45, 2.75) is 34.3 Å². The lowest BCUT2D eigenvalue weighted by molar-refractivity contribution is 0.102. The minimum absolute atomic E-state index is 0.142. The second-order valence-electron chi connectivity index (χ2n) is 7.45. The highest BCUT2D eigenvalue weighted by atomic mass is 16.5. The molecule has 3 aromatic carbocycles. The van der Waals surface area contributed by atoms with Crippen LogP contribution in [-0.2, 0) is 6.61 Å². The number of hydrogen-bond acceptors (Lipinski definition) is 4. The highest BCUT2D eigenvalue weighted by Gasteiger charge is 2.16. The van der Waals surface area contributed by atoms with Crippen molar-refractivity contribution in [1.82, 2.24) is 5.16 Å². The lowest BCUT2D eigenvalue weighted by Crippen LogP contribution is -2.13. The molecule has 30 heavy (non-hydrogen) atoms. The molecular weight excluding hydrogens is 376 g/mol. The number of carbonyl (C=O) groups excluding carboxylic acids is 1. The minimum Gasteiger partial charge on any atom is -0.488 e. The fraction of sp³-hybridized carbons (Fsp3) is 0.200. The van der Waals surface area contributed by atoms with Crippen LogP contribution >= 0.6 is 0 Å². The topological polar surface area (TPSA) is 64.4 Å². The van der Waals surface area contributed by atoms with E-state index >= 15 is 0 Å². The molecule has 152 valence electrons. The molecule has 0 aliphatic rings. The van der Waals surface area contributed by atoms with Gasteiger partial charge in [-0.3, -0.25) is 4.79 Å². The van der Waals surface area contributed by atoms with Gasteiger partial charge in [-0.1, -0.05) is 41.6 Å². The van der Waals surface area contributed by atoms with Crippen molar-refractivity contribution in [3.63, 3.8) is 0 Å². The monoisotopic (exact) mass is 400 g/mol. The minimum atomic E-state index is -0.142. The number of nitrogens with one attached hydrogen (secondary N) is 1. The summed E-state index contributed by atoms with van der Waals surface area (Å²) in [7, 11) is 0.